The van der Waals surface area contributed by atoms with Crippen LogP contribution in [0.2, 0.25) is 0 Å². The molecule has 4 rings (SSSR count). The fourth-order valence-corrected chi connectivity index (χ4v) is 3.16. The standard InChI is InChI=1S/C15H19N5O2/c1-11-7-16-20(9-11)12-3-5-18(10-12)14(21)13-8-17-19-4-2-6-22-15(13)19/h7-9,12H,2-6,10H2,1H3. The van der Waals surface area contributed by atoms with Crippen LogP contribution < -0.4 is 4.74 Å². The molecule has 1 unspecified atom stereocenters. The normalized spacial score (nSPS) is 20.8. The lowest BCUT2D eigenvalue weighted by atomic mass is 10.2. The number of carbonyl (C=O) groups excluding carboxylic acids is 1. The van der Waals surface area contributed by atoms with Crippen LogP contribution in [0, 0.1) is 6.92 Å². The summed E-state index contributed by atoms with van der Waals surface area (Å²) >= 11 is 0. The average molecular weight is 301 g/mol. The van der Waals surface area contributed by atoms with E-state index in [2.05, 4.69) is 10.2 Å². The fourth-order valence-electron chi connectivity index (χ4n) is 3.16. The third-order valence-electron chi connectivity index (χ3n) is 4.33. The molecule has 4 heterocycles. The number of ether oxygens (including phenoxy) is 1. The monoisotopic (exact) mass is 301 g/mol. The molecule has 1 amide bonds. The largest absolute Gasteiger partial charge is 0.477 e. The Kier molecular flexibility index (Phi) is 3.13. The van der Waals surface area contributed by atoms with E-state index in [9.17, 15) is 4.79 Å². The van der Waals surface area contributed by atoms with Gasteiger partial charge >= 0.3 is 0 Å². The minimum atomic E-state index is 0.00882. The number of rotatable bonds is 2. The van der Waals surface area contributed by atoms with Gasteiger partial charge in [-0.05, 0) is 18.9 Å². The van der Waals surface area contributed by atoms with Crippen molar-refractivity contribution in [3.05, 3.63) is 29.7 Å². The van der Waals surface area contributed by atoms with Gasteiger partial charge in [0.1, 0.15) is 5.56 Å². The van der Waals surface area contributed by atoms with E-state index in [4.69, 9.17) is 4.74 Å². The van der Waals surface area contributed by atoms with Gasteiger partial charge in [-0.3, -0.25) is 9.48 Å². The zero-order valence-electron chi connectivity index (χ0n) is 12.6. The van der Waals surface area contributed by atoms with Crippen molar-refractivity contribution >= 4 is 5.91 Å². The number of aryl methyl sites for hydroxylation is 2. The first-order valence-corrected chi connectivity index (χ1v) is 7.71. The number of fused-ring (bicyclic) bond motifs is 1. The second-order valence-electron chi connectivity index (χ2n) is 5.98. The Morgan fingerprint density at radius 1 is 1.32 bits per heavy atom. The van der Waals surface area contributed by atoms with Crippen LogP contribution in [-0.2, 0) is 6.54 Å². The molecule has 7 heteroatoms. The van der Waals surface area contributed by atoms with Crippen LogP contribution >= 0.6 is 0 Å². The second-order valence-corrected chi connectivity index (χ2v) is 5.98. The molecule has 1 saturated heterocycles. The number of nitrogens with zero attached hydrogens (tertiary/aromatic N) is 5. The lowest BCUT2D eigenvalue weighted by Crippen LogP contribution is -2.29. The van der Waals surface area contributed by atoms with Crippen LogP contribution in [0.5, 0.6) is 5.88 Å². The first-order chi connectivity index (χ1) is 10.7. The Bertz CT molecular complexity index is 705. The maximum Gasteiger partial charge on any atom is 0.261 e. The molecular weight excluding hydrogens is 282 g/mol. The van der Waals surface area contributed by atoms with E-state index in [1.165, 1.54) is 0 Å². The third-order valence-corrected chi connectivity index (χ3v) is 4.33. The van der Waals surface area contributed by atoms with Gasteiger partial charge < -0.3 is 9.64 Å². The topological polar surface area (TPSA) is 65.2 Å². The third kappa shape index (κ3) is 2.17. The number of likely N-dealkylation sites (tertiary alicyclic amines) is 1. The number of aromatic nitrogens is 4. The van der Waals surface area contributed by atoms with E-state index < -0.39 is 0 Å². The molecule has 1 fully saturated rings. The molecule has 116 valence electrons. The van der Waals surface area contributed by atoms with Gasteiger partial charge in [-0.25, -0.2) is 4.68 Å². The summed E-state index contributed by atoms with van der Waals surface area (Å²) in [5.74, 6) is 0.629. The molecule has 0 saturated carbocycles. The lowest BCUT2D eigenvalue weighted by Gasteiger charge is -2.19. The molecule has 0 radical (unpaired) electrons. The highest BCUT2D eigenvalue weighted by atomic mass is 16.5. The highest BCUT2D eigenvalue weighted by molar-refractivity contribution is 5.96. The van der Waals surface area contributed by atoms with Crippen molar-refractivity contribution in [1.82, 2.24) is 24.5 Å². The Balaban J connectivity index is 1.51. The Hall–Kier alpha value is -2.31. The van der Waals surface area contributed by atoms with Gasteiger partial charge in [0.15, 0.2) is 0 Å². The van der Waals surface area contributed by atoms with Crippen LogP contribution in [-0.4, -0.2) is 50.1 Å². The van der Waals surface area contributed by atoms with Gasteiger partial charge in [-0.1, -0.05) is 0 Å². The molecular formula is C15H19N5O2. The van der Waals surface area contributed by atoms with Crippen LogP contribution in [0.3, 0.4) is 0 Å². The summed E-state index contributed by atoms with van der Waals surface area (Å²) < 4.78 is 9.37. The van der Waals surface area contributed by atoms with E-state index in [-0.39, 0.29) is 11.9 Å². The smallest absolute Gasteiger partial charge is 0.261 e. The van der Waals surface area contributed by atoms with Crippen molar-refractivity contribution in [2.24, 2.45) is 0 Å². The first-order valence-electron chi connectivity index (χ1n) is 7.71. The quantitative estimate of drug-likeness (QED) is 0.837. The molecule has 0 aromatic carbocycles. The first kappa shape index (κ1) is 13.4. The Labute approximate surface area is 128 Å². The summed E-state index contributed by atoms with van der Waals surface area (Å²) in [6.07, 6.45) is 7.38. The molecule has 2 aliphatic rings. The van der Waals surface area contributed by atoms with Gasteiger partial charge in [0.05, 0.1) is 25.0 Å². The summed E-state index contributed by atoms with van der Waals surface area (Å²) in [6, 6.07) is 0.255. The predicted octanol–water partition coefficient (Wildman–Crippen LogP) is 1.26. The zero-order chi connectivity index (χ0) is 15.1. The van der Waals surface area contributed by atoms with Crippen LogP contribution in [0.1, 0.15) is 34.8 Å². The van der Waals surface area contributed by atoms with Gasteiger partial charge in [-0.15, -0.1) is 0 Å². The summed E-state index contributed by atoms with van der Waals surface area (Å²) in [6.45, 7) is 4.93. The zero-order valence-corrected chi connectivity index (χ0v) is 12.6. The SMILES string of the molecule is Cc1cnn(C2CCN(C(=O)c3cnn4c3OCCC4)C2)c1. The van der Waals surface area contributed by atoms with Crippen LogP contribution in [0.4, 0.5) is 0 Å². The van der Waals surface area contributed by atoms with E-state index in [1.807, 2.05) is 28.9 Å². The number of hydrogen-bond donors (Lipinski definition) is 0. The average Bonchev–Trinajstić information content (AvgIpc) is 3.25. The van der Waals surface area contributed by atoms with Crippen molar-refractivity contribution in [3.8, 4) is 5.88 Å². The summed E-state index contributed by atoms with van der Waals surface area (Å²) in [5, 5.41) is 8.62. The molecule has 0 aliphatic carbocycles. The highest BCUT2D eigenvalue weighted by Crippen LogP contribution is 2.27. The van der Waals surface area contributed by atoms with Gasteiger partial charge in [0, 0.05) is 32.3 Å². The molecule has 0 N–H and O–H groups in total. The number of amides is 1. The molecule has 0 bridgehead atoms. The molecule has 2 aromatic rings. The predicted molar refractivity (Wildman–Crippen MR) is 78.9 cm³/mol. The van der Waals surface area contributed by atoms with E-state index in [0.29, 0.717) is 24.6 Å². The number of carbonyl (C=O) groups is 1. The van der Waals surface area contributed by atoms with Crippen molar-refractivity contribution in [2.45, 2.75) is 32.4 Å². The van der Waals surface area contributed by atoms with Crippen molar-refractivity contribution < 1.29 is 9.53 Å². The molecule has 0 spiro atoms. The molecule has 1 atom stereocenters. The number of hydrogen-bond acceptors (Lipinski definition) is 4. The van der Waals surface area contributed by atoms with Gasteiger partial charge in [-0.2, -0.15) is 10.2 Å². The Morgan fingerprint density at radius 3 is 3.05 bits per heavy atom. The molecule has 22 heavy (non-hydrogen) atoms. The van der Waals surface area contributed by atoms with E-state index >= 15 is 0 Å². The fraction of sp³-hybridized carbons (Fsp3) is 0.533. The van der Waals surface area contributed by atoms with Gasteiger partial charge in [0.2, 0.25) is 5.88 Å². The van der Waals surface area contributed by atoms with Crippen LogP contribution in [0.25, 0.3) is 0 Å². The van der Waals surface area contributed by atoms with Crippen molar-refractivity contribution in [1.29, 1.82) is 0 Å². The maximum atomic E-state index is 12.7. The van der Waals surface area contributed by atoms with Crippen molar-refractivity contribution in [2.75, 3.05) is 19.7 Å². The summed E-state index contributed by atoms with van der Waals surface area (Å²) in [5.41, 5.74) is 1.72. The summed E-state index contributed by atoms with van der Waals surface area (Å²) in [7, 11) is 0. The molecule has 7 nitrogen and oxygen atoms in total. The van der Waals surface area contributed by atoms with Crippen LogP contribution in [0.15, 0.2) is 18.6 Å². The van der Waals surface area contributed by atoms with E-state index in [1.54, 1.807) is 10.9 Å². The lowest BCUT2D eigenvalue weighted by molar-refractivity contribution is 0.0780. The summed E-state index contributed by atoms with van der Waals surface area (Å²) in [4.78, 5) is 14.6. The maximum absolute atomic E-state index is 12.7. The molecule has 2 aromatic heterocycles. The molecule has 2 aliphatic heterocycles. The Morgan fingerprint density at radius 2 is 2.23 bits per heavy atom. The van der Waals surface area contributed by atoms with Gasteiger partial charge in [0.25, 0.3) is 5.91 Å². The minimum Gasteiger partial charge on any atom is -0.477 e. The highest BCUT2D eigenvalue weighted by Gasteiger charge is 2.32. The van der Waals surface area contributed by atoms with E-state index in [0.717, 1.165) is 31.5 Å². The minimum absolute atomic E-state index is 0.00882. The second kappa shape index (κ2) is 5.15. The van der Waals surface area contributed by atoms with Crippen molar-refractivity contribution in [3.63, 3.8) is 0 Å².